The summed E-state index contributed by atoms with van der Waals surface area (Å²) in [5.41, 5.74) is 0.785. The van der Waals surface area contributed by atoms with Crippen LogP contribution in [-0.2, 0) is 39.9 Å². The van der Waals surface area contributed by atoms with E-state index < -0.39 is 60.2 Å². The van der Waals surface area contributed by atoms with Gasteiger partial charge in [0.1, 0.15) is 12.1 Å². The van der Waals surface area contributed by atoms with E-state index in [9.17, 15) is 29.1 Å². The van der Waals surface area contributed by atoms with Gasteiger partial charge in [-0.2, -0.15) is 0 Å². The van der Waals surface area contributed by atoms with Gasteiger partial charge < -0.3 is 40.3 Å². The van der Waals surface area contributed by atoms with E-state index in [1.807, 2.05) is 71.9 Å². The lowest BCUT2D eigenvalue weighted by Crippen LogP contribution is -2.59. The first-order valence-electron chi connectivity index (χ1n) is 18.7. The normalized spacial score (nSPS) is 19.2. The molecule has 1 saturated heterocycles. The summed E-state index contributed by atoms with van der Waals surface area (Å²) in [6.07, 6.45) is 0.818. The van der Waals surface area contributed by atoms with Crippen LogP contribution in [0.4, 0.5) is 0 Å². The topological polar surface area (TPSA) is 167 Å². The van der Waals surface area contributed by atoms with E-state index in [0.717, 1.165) is 12.0 Å². The lowest BCUT2D eigenvalue weighted by atomic mass is 9.89. The van der Waals surface area contributed by atoms with Crippen molar-refractivity contribution in [2.24, 2.45) is 23.7 Å². The maximum atomic E-state index is 14.1. The van der Waals surface area contributed by atoms with Crippen molar-refractivity contribution in [3.63, 3.8) is 0 Å². The van der Waals surface area contributed by atoms with Crippen LogP contribution >= 0.6 is 0 Å². The molecule has 294 valence electrons. The largest absolute Gasteiger partial charge is 0.480 e. The minimum absolute atomic E-state index is 0.0112. The predicted molar refractivity (Wildman–Crippen MR) is 200 cm³/mol. The van der Waals surface area contributed by atoms with Crippen LogP contribution < -0.4 is 16.0 Å². The van der Waals surface area contributed by atoms with E-state index in [1.165, 1.54) is 14.2 Å². The van der Waals surface area contributed by atoms with E-state index in [-0.39, 0.29) is 48.3 Å². The highest BCUT2D eigenvalue weighted by Gasteiger charge is 2.43. The summed E-state index contributed by atoms with van der Waals surface area (Å²) in [5.74, 6) is -3.27. The summed E-state index contributed by atoms with van der Waals surface area (Å²) in [6.45, 7) is 13.9. The summed E-state index contributed by atoms with van der Waals surface area (Å²) in [7, 11) is 6.46. The van der Waals surface area contributed by atoms with Gasteiger partial charge in [0.2, 0.25) is 23.6 Å². The van der Waals surface area contributed by atoms with Gasteiger partial charge in [-0.25, -0.2) is 4.79 Å². The van der Waals surface area contributed by atoms with E-state index in [1.54, 1.807) is 30.8 Å². The molecule has 4 amide bonds. The van der Waals surface area contributed by atoms with Crippen LogP contribution in [0.15, 0.2) is 30.3 Å². The monoisotopic (exact) mass is 731 g/mol. The van der Waals surface area contributed by atoms with Gasteiger partial charge >= 0.3 is 5.97 Å². The van der Waals surface area contributed by atoms with Gasteiger partial charge in [0.25, 0.3) is 0 Å². The standard InChI is InChI=1S/C39H65N5O8/c1-12-25(6)34(43(9)38(48)33(24(4)5)42-37(47)32(40-8)23(2)3)30(51-10)22-31(45)44-20-16-19-29(44)35(52-11)26(7)36(46)41-28(39(49)50)21-27-17-14-13-15-18-27/h13-15,17-18,23-26,28-30,32-35,40H,12,16,19-22H2,1-11H3,(H,41,46)(H,42,47)(H,49,50)/t25-,26-,28+,29+,30-,32+,33-,34+,35+/m0/s1. The molecule has 0 saturated carbocycles. The third kappa shape index (κ3) is 11.7. The molecule has 13 heteroatoms. The fourth-order valence-corrected chi connectivity index (χ4v) is 7.40. The Kier molecular flexibility index (Phi) is 18.2. The molecule has 1 fully saturated rings. The smallest absolute Gasteiger partial charge is 0.326 e. The van der Waals surface area contributed by atoms with E-state index in [2.05, 4.69) is 16.0 Å². The number of methoxy groups -OCH3 is 2. The summed E-state index contributed by atoms with van der Waals surface area (Å²) in [4.78, 5) is 70.3. The number of aliphatic carboxylic acids is 1. The Morgan fingerprint density at radius 2 is 1.54 bits per heavy atom. The van der Waals surface area contributed by atoms with Crippen molar-refractivity contribution in [1.29, 1.82) is 0 Å². The molecule has 0 unspecified atom stereocenters. The number of hydrogen-bond donors (Lipinski definition) is 4. The summed E-state index contributed by atoms with van der Waals surface area (Å²) in [5, 5.41) is 18.5. The van der Waals surface area contributed by atoms with E-state index in [4.69, 9.17) is 9.47 Å². The molecule has 1 aliphatic rings. The average molecular weight is 732 g/mol. The maximum Gasteiger partial charge on any atom is 0.326 e. The van der Waals surface area contributed by atoms with Crippen LogP contribution in [0.1, 0.15) is 79.7 Å². The molecular formula is C39H65N5O8. The number of carbonyl (C=O) groups excluding carboxylic acids is 4. The molecule has 13 nitrogen and oxygen atoms in total. The number of carboxylic acids is 1. The number of nitrogens with one attached hydrogen (secondary N) is 3. The number of carbonyl (C=O) groups is 5. The molecule has 1 aromatic carbocycles. The second kappa shape index (κ2) is 21.2. The number of likely N-dealkylation sites (N-methyl/N-ethyl adjacent to an activating group) is 2. The van der Waals surface area contributed by atoms with Crippen LogP contribution in [0.3, 0.4) is 0 Å². The average Bonchev–Trinajstić information content (AvgIpc) is 3.59. The van der Waals surface area contributed by atoms with Crippen LogP contribution in [0.2, 0.25) is 0 Å². The highest BCUT2D eigenvalue weighted by molar-refractivity contribution is 5.90. The van der Waals surface area contributed by atoms with Gasteiger partial charge in [0, 0.05) is 34.2 Å². The fourth-order valence-electron chi connectivity index (χ4n) is 7.40. The SMILES string of the molecule is CC[C@H](C)[C@H]([C@H](CC(=O)N1CCC[C@@H]1[C@H](OC)[C@H](C)C(=O)N[C@H](Cc1ccccc1)C(=O)O)OC)N(C)C(=O)[C@@H](NC(=O)[C@H](NC)C(C)C)C(C)C. The molecule has 0 radical (unpaired) electrons. The van der Waals surface area contributed by atoms with Crippen molar-refractivity contribution >= 4 is 29.6 Å². The van der Waals surface area contributed by atoms with Crippen LogP contribution in [0.25, 0.3) is 0 Å². The zero-order valence-electron chi connectivity index (χ0n) is 33.2. The van der Waals surface area contributed by atoms with Crippen molar-refractivity contribution in [1.82, 2.24) is 25.8 Å². The molecule has 1 aromatic rings. The molecule has 0 aromatic heterocycles. The first kappa shape index (κ1) is 44.6. The van der Waals surface area contributed by atoms with Gasteiger partial charge in [-0.1, -0.05) is 85.2 Å². The minimum atomic E-state index is -1.14. The molecule has 2 rings (SSSR count). The number of nitrogens with zero attached hydrogens (tertiary/aromatic N) is 2. The second-order valence-electron chi connectivity index (χ2n) is 14.9. The third-order valence-electron chi connectivity index (χ3n) is 10.6. The molecular weight excluding hydrogens is 666 g/mol. The van der Waals surface area contributed by atoms with Gasteiger partial charge in [-0.3, -0.25) is 19.2 Å². The second-order valence-corrected chi connectivity index (χ2v) is 14.9. The Hall–Kier alpha value is -3.55. The van der Waals surface area contributed by atoms with Gasteiger partial charge in [0.15, 0.2) is 0 Å². The number of ether oxygens (including phenoxy) is 2. The molecule has 0 bridgehead atoms. The Morgan fingerprint density at radius 3 is 2.04 bits per heavy atom. The maximum absolute atomic E-state index is 14.1. The predicted octanol–water partition coefficient (Wildman–Crippen LogP) is 3.10. The first-order chi connectivity index (χ1) is 24.5. The van der Waals surface area contributed by atoms with Crippen LogP contribution in [0.5, 0.6) is 0 Å². The first-order valence-corrected chi connectivity index (χ1v) is 18.7. The molecule has 0 aliphatic carbocycles. The highest BCUT2D eigenvalue weighted by atomic mass is 16.5. The quantitative estimate of drug-likeness (QED) is 0.149. The van der Waals surface area contributed by atoms with Crippen LogP contribution in [0, 0.1) is 23.7 Å². The van der Waals surface area contributed by atoms with E-state index in [0.29, 0.717) is 19.4 Å². The summed E-state index contributed by atoms with van der Waals surface area (Å²) in [6, 6.07) is 5.84. The van der Waals surface area contributed by atoms with Crippen molar-refractivity contribution in [3.8, 4) is 0 Å². The van der Waals surface area contributed by atoms with Gasteiger partial charge in [-0.15, -0.1) is 0 Å². The zero-order chi connectivity index (χ0) is 39.3. The molecule has 4 N–H and O–H groups in total. The Labute approximate surface area is 310 Å². The van der Waals surface area contributed by atoms with E-state index >= 15 is 0 Å². The van der Waals surface area contributed by atoms with Crippen LogP contribution in [-0.4, -0.2) is 122 Å². The minimum Gasteiger partial charge on any atom is -0.480 e. The summed E-state index contributed by atoms with van der Waals surface area (Å²) < 4.78 is 11.8. The molecule has 1 heterocycles. The Morgan fingerprint density at radius 1 is 0.923 bits per heavy atom. The lowest BCUT2D eigenvalue weighted by Gasteiger charge is -2.41. The molecule has 9 atom stereocenters. The lowest BCUT2D eigenvalue weighted by molar-refractivity contribution is -0.148. The van der Waals surface area contributed by atoms with Gasteiger partial charge in [-0.05, 0) is 43.2 Å². The number of amides is 4. The Bertz CT molecular complexity index is 1310. The van der Waals surface area contributed by atoms with Gasteiger partial charge in [0.05, 0.1) is 42.7 Å². The van der Waals surface area contributed by atoms with Crippen molar-refractivity contribution < 1.29 is 38.6 Å². The Balaban J connectivity index is 2.26. The number of carboxylic acid groups (broad SMARTS) is 1. The molecule has 1 aliphatic heterocycles. The number of rotatable bonds is 21. The number of likely N-dealkylation sites (tertiary alicyclic amines) is 1. The summed E-state index contributed by atoms with van der Waals surface area (Å²) >= 11 is 0. The molecule has 52 heavy (non-hydrogen) atoms. The van der Waals surface area contributed by atoms with Crippen molar-refractivity contribution in [2.75, 3.05) is 34.9 Å². The number of hydrogen-bond acceptors (Lipinski definition) is 8. The molecule has 0 spiro atoms. The highest BCUT2D eigenvalue weighted by Crippen LogP contribution is 2.29. The fraction of sp³-hybridized carbons (Fsp3) is 0.718. The zero-order valence-corrected chi connectivity index (χ0v) is 33.2. The third-order valence-corrected chi connectivity index (χ3v) is 10.6. The van der Waals surface area contributed by atoms with Crippen molar-refractivity contribution in [3.05, 3.63) is 35.9 Å². The van der Waals surface area contributed by atoms with Crippen molar-refractivity contribution in [2.45, 2.75) is 123 Å². The number of benzene rings is 1.